The molecule has 0 fully saturated rings. The second-order valence-electron chi connectivity index (χ2n) is 5.55. The summed E-state index contributed by atoms with van der Waals surface area (Å²) in [5.74, 6) is 0.677. The Balaban J connectivity index is 2.09. The van der Waals surface area contributed by atoms with Gasteiger partial charge in [-0.2, -0.15) is 0 Å². The van der Waals surface area contributed by atoms with E-state index < -0.39 is 0 Å². The molecule has 2 heterocycles. The monoisotopic (exact) mass is 262 g/mol. The number of rotatable bonds is 3. The third kappa shape index (κ3) is 3.01. The number of hydrogen-bond donors (Lipinski definition) is 1. The number of nitrogens with zero attached hydrogens (tertiary/aromatic N) is 3. The molecule has 0 aliphatic carbocycles. The van der Waals surface area contributed by atoms with Gasteiger partial charge in [-0.25, -0.2) is 4.98 Å². The number of carbonyl (C=O) groups is 1. The zero-order valence-electron chi connectivity index (χ0n) is 11.6. The highest BCUT2D eigenvalue weighted by Crippen LogP contribution is 2.17. The van der Waals surface area contributed by atoms with E-state index in [1.807, 2.05) is 26.8 Å². The van der Waals surface area contributed by atoms with Crippen LogP contribution in [-0.4, -0.2) is 33.0 Å². The Kier molecular flexibility index (Phi) is 3.42. The van der Waals surface area contributed by atoms with Gasteiger partial charge in [0.05, 0.1) is 12.5 Å². The molecule has 1 N–H and O–H groups in total. The van der Waals surface area contributed by atoms with E-state index in [4.69, 9.17) is 4.42 Å². The predicted molar refractivity (Wildman–Crippen MR) is 69.6 cm³/mol. The highest BCUT2D eigenvalue weighted by atomic mass is 16.3. The molecule has 2 rings (SSSR count). The standard InChI is InChI=1S/C13H18N4O2/c1-13(2,3)12-14-10(15-16-12)11(18)17(4)7-9-5-6-19-8-9/h5-6,8H,7H2,1-4H3,(H,14,15,16). The van der Waals surface area contributed by atoms with Crippen LogP contribution in [-0.2, 0) is 12.0 Å². The van der Waals surface area contributed by atoms with Crippen molar-refractivity contribution in [2.45, 2.75) is 32.7 Å². The van der Waals surface area contributed by atoms with Crippen molar-refractivity contribution in [2.24, 2.45) is 0 Å². The smallest absolute Gasteiger partial charge is 0.293 e. The maximum absolute atomic E-state index is 12.2. The first-order valence-corrected chi connectivity index (χ1v) is 6.07. The van der Waals surface area contributed by atoms with Crippen LogP contribution >= 0.6 is 0 Å². The SMILES string of the molecule is CN(Cc1ccoc1)C(=O)c1n[nH]c(C(C)(C)C)n1. The lowest BCUT2D eigenvalue weighted by Crippen LogP contribution is -2.27. The van der Waals surface area contributed by atoms with Crippen molar-refractivity contribution in [3.05, 3.63) is 35.8 Å². The van der Waals surface area contributed by atoms with E-state index >= 15 is 0 Å². The van der Waals surface area contributed by atoms with Crippen LogP contribution in [0.3, 0.4) is 0 Å². The van der Waals surface area contributed by atoms with Crippen LogP contribution in [0.25, 0.3) is 0 Å². The van der Waals surface area contributed by atoms with Crippen molar-refractivity contribution in [1.82, 2.24) is 20.1 Å². The molecule has 6 heteroatoms. The van der Waals surface area contributed by atoms with E-state index in [1.54, 1.807) is 24.5 Å². The Hall–Kier alpha value is -2.11. The number of nitrogens with one attached hydrogen (secondary N) is 1. The van der Waals surface area contributed by atoms with E-state index in [1.165, 1.54) is 0 Å². The maximum Gasteiger partial charge on any atom is 0.293 e. The lowest BCUT2D eigenvalue weighted by Gasteiger charge is -2.14. The van der Waals surface area contributed by atoms with E-state index in [9.17, 15) is 4.79 Å². The average molecular weight is 262 g/mol. The zero-order valence-corrected chi connectivity index (χ0v) is 11.6. The molecule has 19 heavy (non-hydrogen) atoms. The maximum atomic E-state index is 12.2. The minimum Gasteiger partial charge on any atom is -0.472 e. The number of furan rings is 1. The van der Waals surface area contributed by atoms with Crippen molar-refractivity contribution in [3.63, 3.8) is 0 Å². The second kappa shape index (κ2) is 4.87. The van der Waals surface area contributed by atoms with Crippen LogP contribution in [0.1, 0.15) is 42.8 Å². The highest BCUT2D eigenvalue weighted by molar-refractivity contribution is 5.90. The first-order chi connectivity index (χ1) is 8.88. The van der Waals surface area contributed by atoms with Gasteiger partial charge in [-0.3, -0.25) is 9.89 Å². The van der Waals surface area contributed by atoms with Gasteiger partial charge in [-0.15, -0.1) is 5.10 Å². The minimum atomic E-state index is -0.215. The first kappa shape index (κ1) is 13.3. The molecule has 2 aromatic heterocycles. The summed E-state index contributed by atoms with van der Waals surface area (Å²) in [6, 6.07) is 1.82. The Bertz CT molecular complexity index is 551. The Morgan fingerprint density at radius 3 is 2.74 bits per heavy atom. The molecule has 0 atom stereocenters. The van der Waals surface area contributed by atoms with Gasteiger partial charge >= 0.3 is 0 Å². The van der Waals surface area contributed by atoms with Crippen molar-refractivity contribution in [1.29, 1.82) is 0 Å². The van der Waals surface area contributed by atoms with Gasteiger partial charge in [-0.05, 0) is 6.07 Å². The predicted octanol–water partition coefficient (Wildman–Crippen LogP) is 1.97. The normalized spacial score (nSPS) is 11.6. The van der Waals surface area contributed by atoms with Crippen LogP contribution in [0.2, 0.25) is 0 Å². The molecule has 0 aliphatic rings. The van der Waals surface area contributed by atoms with Crippen molar-refractivity contribution < 1.29 is 9.21 Å². The third-order valence-electron chi connectivity index (χ3n) is 2.73. The summed E-state index contributed by atoms with van der Waals surface area (Å²) < 4.78 is 4.97. The lowest BCUT2D eigenvalue weighted by atomic mass is 9.96. The summed E-state index contributed by atoms with van der Waals surface area (Å²) in [7, 11) is 1.71. The fourth-order valence-electron chi connectivity index (χ4n) is 1.59. The van der Waals surface area contributed by atoms with Crippen molar-refractivity contribution in [2.75, 3.05) is 7.05 Å². The Morgan fingerprint density at radius 2 is 2.21 bits per heavy atom. The van der Waals surface area contributed by atoms with E-state index in [-0.39, 0.29) is 17.1 Å². The first-order valence-electron chi connectivity index (χ1n) is 6.07. The van der Waals surface area contributed by atoms with Gasteiger partial charge in [-0.1, -0.05) is 20.8 Å². The van der Waals surface area contributed by atoms with Gasteiger partial charge in [0, 0.05) is 24.6 Å². The van der Waals surface area contributed by atoms with Crippen LogP contribution in [0.5, 0.6) is 0 Å². The van der Waals surface area contributed by atoms with Crippen LogP contribution in [0, 0.1) is 0 Å². The quantitative estimate of drug-likeness (QED) is 0.917. The molecule has 0 bridgehead atoms. The van der Waals surface area contributed by atoms with Crippen LogP contribution < -0.4 is 0 Å². The van der Waals surface area contributed by atoms with Crippen LogP contribution in [0.15, 0.2) is 23.0 Å². The fourth-order valence-corrected chi connectivity index (χ4v) is 1.59. The summed E-state index contributed by atoms with van der Waals surface area (Å²) in [4.78, 5) is 18.0. The molecular formula is C13H18N4O2. The molecule has 2 aromatic rings. The average Bonchev–Trinajstić information content (AvgIpc) is 2.97. The van der Waals surface area contributed by atoms with Gasteiger partial charge in [0.15, 0.2) is 0 Å². The molecule has 1 amide bonds. The number of amides is 1. The molecule has 0 aliphatic heterocycles. The van der Waals surface area contributed by atoms with E-state index in [2.05, 4.69) is 15.2 Å². The fraction of sp³-hybridized carbons (Fsp3) is 0.462. The molecule has 0 saturated heterocycles. The summed E-state index contributed by atoms with van der Waals surface area (Å²) in [5, 5.41) is 6.80. The summed E-state index contributed by atoms with van der Waals surface area (Å²) in [6.07, 6.45) is 3.19. The van der Waals surface area contributed by atoms with Crippen molar-refractivity contribution >= 4 is 5.91 Å². The molecule has 0 aromatic carbocycles. The molecule has 0 spiro atoms. The highest BCUT2D eigenvalue weighted by Gasteiger charge is 2.23. The number of carbonyl (C=O) groups excluding carboxylic acids is 1. The number of hydrogen-bond acceptors (Lipinski definition) is 4. The summed E-state index contributed by atoms with van der Waals surface area (Å²) in [5.41, 5.74) is 0.775. The Morgan fingerprint density at radius 1 is 1.47 bits per heavy atom. The van der Waals surface area contributed by atoms with Gasteiger partial charge in [0.25, 0.3) is 5.91 Å². The van der Waals surface area contributed by atoms with Crippen molar-refractivity contribution in [3.8, 4) is 0 Å². The van der Waals surface area contributed by atoms with E-state index in [0.29, 0.717) is 12.4 Å². The summed E-state index contributed by atoms with van der Waals surface area (Å²) in [6.45, 7) is 6.50. The lowest BCUT2D eigenvalue weighted by molar-refractivity contribution is 0.0773. The van der Waals surface area contributed by atoms with Crippen LogP contribution in [0.4, 0.5) is 0 Å². The molecule has 0 radical (unpaired) electrons. The molecule has 0 saturated carbocycles. The Labute approximate surface area is 111 Å². The third-order valence-corrected chi connectivity index (χ3v) is 2.73. The minimum absolute atomic E-state index is 0.158. The molecule has 102 valence electrons. The zero-order chi connectivity index (χ0) is 14.0. The number of H-pyrrole nitrogens is 1. The largest absolute Gasteiger partial charge is 0.472 e. The topological polar surface area (TPSA) is 75.0 Å². The van der Waals surface area contributed by atoms with Gasteiger partial charge in [0.1, 0.15) is 5.82 Å². The second-order valence-corrected chi connectivity index (χ2v) is 5.55. The number of aromatic nitrogens is 3. The van der Waals surface area contributed by atoms with Gasteiger partial charge < -0.3 is 9.32 Å². The molecule has 6 nitrogen and oxygen atoms in total. The molecule has 0 unspecified atom stereocenters. The molecular weight excluding hydrogens is 244 g/mol. The summed E-state index contributed by atoms with van der Waals surface area (Å²) >= 11 is 0. The number of aromatic amines is 1. The van der Waals surface area contributed by atoms with Gasteiger partial charge in [0.2, 0.25) is 5.82 Å². The van der Waals surface area contributed by atoms with E-state index in [0.717, 1.165) is 5.56 Å².